The molecule has 0 bridgehead atoms. The molecule has 0 saturated carbocycles. The quantitative estimate of drug-likeness (QED) is 0.383. The van der Waals surface area contributed by atoms with E-state index in [1.165, 1.54) is 29.5 Å². The van der Waals surface area contributed by atoms with Gasteiger partial charge in [0.2, 0.25) is 5.91 Å². The van der Waals surface area contributed by atoms with E-state index in [0.717, 1.165) is 19.5 Å². The van der Waals surface area contributed by atoms with Crippen LogP contribution >= 0.6 is 0 Å². The minimum atomic E-state index is -0.580. The lowest BCUT2D eigenvalue weighted by Gasteiger charge is -2.29. The molecule has 2 atom stereocenters. The molecular formula is C29H30N2O2. The maximum Gasteiger partial charge on any atom is 0.234 e. The summed E-state index contributed by atoms with van der Waals surface area (Å²) in [6, 6.07) is 28.3. The van der Waals surface area contributed by atoms with Crippen molar-refractivity contribution in [2.75, 3.05) is 19.8 Å². The molecular weight excluding hydrogens is 408 g/mol. The van der Waals surface area contributed by atoms with E-state index in [4.69, 9.17) is 0 Å². The second-order valence-corrected chi connectivity index (χ2v) is 9.21. The van der Waals surface area contributed by atoms with Crippen molar-refractivity contribution in [3.8, 4) is 11.1 Å². The second kappa shape index (κ2) is 9.72. The van der Waals surface area contributed by atoms with E-state index < -0.39 is 5.92 Å². The van der Waals surface area contributed by atoms with Gasteiger partial charge in [0.05, 0.1) is 6.67 Å². The van der Waals surface area contributed by atoms with Gasteiger partial charge in [-0.1, -0.05) is 84.9 Å². The summed E-state index contributed by atoms with van der Waals surface area (Å²) in [5, 5.41) is 0. The Hall–Kier alpha value is -3.24. The Morgan fingerprint density at radius 3 is 2.06 bits per heavy atom. The highest BCUT2D eigenvalue weighted by atomic mass is 16.2. The third kappa shape index (κ3) is 4.76. The first-order valence-corrected chi connectivity index (χ1v) is 12.0. The molecule has 168 valence electrons. The molecule has 0 spiro atoms. The Labute approximate surface area is 195 Å². The predicted octanol–water partition coefficient (Wildman–Crippen LogP) is 5.05. The molecule has 2 saturated heterocycles. The molecule has 0 N–H and O–H groups in total. The maximum absolute atomic E-state index is 13.4. The van der Waals surface area contributed by atoms with Crippen LogP contribution in [0.1, 0.15) is 35.2 Å². The number of hydrogen-bond donors (Lipinski definition) is 0. The van der Waals surface area contributed by atoms with Crippen LogP contribution in [0, 0.1) is 5.92 Å². The number of rotatable bonds is 7. The summed E-state index contributed by atoms with van der Waals surface area (Å²) in [5.41, 5.74) is 4.22. The number of nitrogens with zero attached hydrogens (tertiary/aromatic N) is 2. The summed E-state index contributed by atoms with van der Waals surface area (Å²) in [5.74, 6) is -0.640. The van der Waals surface area contributed by atoms with E-state index in [9.17, 15) is 9.59 Å². The highest BCUT2D eigenvalue weighted by Gasteiger charge is 2.44. The lowest BCUT2D eigenvalue weighted by molar-refractivity contribution is -0.132. The van der Waals surface area contributed by atoms with Gasteiger partial charge in [-0.25, -0.2) is 0 Å². The van der Waals surface area contributed by atoms with Crippen LogP contribution in [0.25, 0.3) is 11.1 Å². The van der Waals surface area contributed by atoms with Crippen LogP contribution in [0.5, 0.6) is 0 Å². The number of Topliss-reactive ketones (excluding diaryl/α,β-unsaturated/α-hetero) is 1. The lowest BCUT2D eigenvalue weighted by atomic mass is 9.92. The van der Waals surface area contributed by atoms with Gasteiger partial charge >= 0.3 is 0 Å². The smallest absolute Gasteiger partial charge is 0.234 e. The van der Waals surface area contributed by atoms with Crippen molar-refractivity contribution >= 4 is 11.7 Å². The molecule has 2 heterocycles. The first kappa shape index (κ1) is 21.6. The summed E-state index contributed by atoms with van der Waals surface area (Å²) < 4.78 is 0. The zero-order chi connectivity index (χ0) is 22.6. The van der Waals surface area contributed by atoms with E-state index in [1.54, 1.807) is 0 Å². The molecule has 4 nitrogen and oxygen atoms in total. The lowest BCUT2D eigenvalue weighted by Crippen LogP contribution is -2.43. The van der Waals surface area contributed by atoms with Crippen molar-refractivity contribution in [2.24, 2.45) is 5.92 Å². The van der Waals surface area contributed by atoms with Crippen molar-refractivity contribution in [3.63, 3.8) is 0 Å². The fourth-order valence-electron chi connectivity index (χ4n) is 5.16. The van der Waals surface area contributed by atoms with Crippen LogP contribution in [0.2, 0.25) is 0 Å². The van der Waals surface area contributed by atoms with Crippen LogP contribution in [-0.4, -0.2) is 47.3 Å². The number of carbonyl (C=O) groups is 2. The van der Waals surface area contributed by atoms with Gasteiger partial charge in [-0.2, -0.15) is 0 Å². The zero-order valence-corrected chi connectivity index (χ0v) is 18.9. The Bertz CT molecular complexity index is 1090. The largest absolute Gasteiger partial charge is 0.326 e. The monoisotopic (exact) mass is 438 g/mol. The van der Waals surface area contributed by atoms with Gasteiger partial charge in [0.15, 0.2) is 5.78 Å². The fraction of sp³-hybridized carbons (Fsp3) is 0.310. The highest BCUT2D eigenvalue weighted by molar-refractivity contribution is 6.11. The standard InChI is InChI=1S/C29H30N2O2/c32-28(25-11-5-2-6-12-25)27-20-26(31(29(27)33)21-30-17-7-8-18-30)19-22-13-15-24(16-14-22)23-9-3-1-4-10-23/h1-6,9-16,26-27H,7-8,17-21H2/t26?,27-/m1/s1. The molecule has 0 aromatic heterocycles. The number of carbonyl (C=O) groups excluding carboxylic acids is 2. The van der Waals surface area contributed by atoms with E-state index in [2.05, 4.69) is 41.3 Å². The maximum atomic E-state index is 13.4. The molecule has 2 fully saturated rings. The molecule has 3 aromatic carbocycles. The van der Waals surface area contributed by atoms with Crippen LogP contribution in [-0.2, 0) is 11.2 Å². The van der Waals surface area contributed by atoms with E-state index in [-0.39, 0.29) is 17.7 Å². The van der Waals surface area contributed by atoms with Crippen molar-refractivity contribution in [3.05, 3.63) is 96.1 Å². The molecule has 3 aromatic rings. The summed E-state index contributed by atoms with van der Waals surface area (Å²) in [4.78, 5) is 30.9. The van der Waals surface area contributed by atoms with Gasteiger partial charge in [0.25, 0.3) is 0 Å². The van der Waals surface area contributed by atoms with Gasteiger partial charge < -0.3 is 4.90 Å². The molecule has 2 aliphatic heterocycles. The Kier molecular flexibility index (Phi) is 6.36. The van der Waals surface area contributed by atoms with Crippen molar-refractivity contribution < 1.29 is 9.59 Å². The Balaban J connectivity index is 1.35. The minimum absolute atomic E-state index is 0.0124. The van der Waals surface area contributed by atoms with Gasteiger partial charge in [0, 0.05) is 11.6 Å². The fourth-order valence-corrected chi connectivity index (χ4v) is 5.16. The zero-order valence-electron chi connectivity index (χ0n) is 18.9. The molecule has 33 heavy (non-hydrogen) atoms. The number of likely N-dealkylation sites (tertiary alicyclic amines) is 2. The SMILES string of the molecule is O=C(c1ccccc1)[C@H]1CC(Cc2ccc(-c3ccccc3)cc2)N(CN2CCCC2)C1=O. The summed E-state index contributed by atoms with van der Waals surface area (Å²) >= 11 is 0. The number of benzene rings is 3. The van der Waals surface area contributed by atoms with Gasteiger partial charge in [0.1, 0.15) is 5.92 Å². The van der Waals surface area contributed by atoms with Crippen LogP contribution in [0.4, 0.5) is 0 Å². The van der Waals surface area contributed by atoms with E-state index in [1.807, 2.05) is 53.4 Å². The number of amides is 1. The third-order valence-corrected chi connectivity index (χ3v) is 6.99. The number of hydrogen-bond acceptors (Lipinski definition) is 3. The molecule has 5 rings (SSSR count). The van der Waals surface area contributed by atoms with E-state index >= 15 is 0 Å². The molecule has 0 radical (unpaired) electrons. The van der Waals surface area contributed by atoms with Crippen LogP contribution in [0.3, 0.4) is 0 Å². The van der Waals surface area contributed by atoms with Gasteiger partial charge in [-0.05, 0) is 55.5 Å². The summed E-state index contributed by atoms with van der Waals surface area (Å²) in [6.45, 7) is 2.68. The topological polar surface area (TPSA) is 40.6 Å². The number of ketones is 1. The first-order valence-electron chi connectivity index (χ1n) is 12.0. The van der Waals surface area contributed by atoms with Gasteiger partial charge in [-0.3, -0.25) is 14.5 Å². The Morgan fingerprint density at radius 2 is 1.39 bits per heavy atom. The van der Waals surface area contributed by atoms with E-state index in [0.29, 0.717) is 18.7 Å². The third-order valence-electron chi connectivity index (χ3n) is 6.99. The van der Waals surface area contributed by atoms with Crippen LogP contribution in [0.15, 0.2) is 84.9 Å². The molecule has 2 aliphatic rings. The van der Waals surface area contributed by atoms with Gasteiger partial charge in [-0.15, -0.1) is 0 Å². The van der Waals surface area contributed by atoms with Crippen molar-refractivity contribution in [1.82, 2.24) is 9.80 Å². The molecule has 4 heteroatoms. The molecule has 1 unspecified atom stereocenters. The summed E-state index contributed by atoms with van der Waals surface area (Å²) in [6.07, 6.45) is 3.72. The predicted molar refractivity (Wildman–Crippen MR) is 131 cm³/mol. The second-order valence-electron chi connectivity index (χ2n) is 9.21. The Morgan fingerprint density at radius 1 is 0.788 bits per heavy atom. The normalized spacial score (nSPS) is 21.0. The summed E-state index contributed by atoms with van der Waals surface area (Å²) in [7, 11) is 0. The first-order chi connectivity index (χ1) is 16.2. The highest BCUT2D eigenvalue weighted by Crippen LogP contribution is 2.31. The average molecular weight is 439 g/mol. The van der Waals surface area contributed by atoms with Crippen molar-refractivity contribution in [1.29, 1.82) is 0 Å². The molecule has 1 amide bonds. The molecule has 0 aliphatic carbocycles. The van der Waals surface area contributed by atoms with Crippen molar-refractivity contribution in [2.45, 2.75) is 31.7 Å². The van der Waals surface area contributed by atoms with Crippen LogP contribution < -0.4 is 0 Å². The minimum Gasteiger partial charge on any atom is -0.326 e. The average Bonchev–Trinajstić information content (AvgIpc) is 3.49.